The van der Waals surface area contributed by atoms with Crippen molar-refractivity contribution in [2.45, 2.75) is 58.2 Å². The molecule has 5 amide bonds. The fourth-order valence-electron chi connectivity index (χ4n) is 4.63. The van der Waals surface area contributed by atoms with Crippen molar-refractivity contribution in [3.63, 3.8) is 0 Å². The third-order valence-corrected chi connectivity index (χ3v) is 6.76. The van der Waals surface area contributed by atoms with E-state index in [1.165, 1.54) is 9.80 Å². The highest BCUT2D eigenvalue weighted by Gasteiger charge is 2.40. The Kier molecular flexibility index (Phi) is 13.5. The van der Waals surface area contributed by atoms with E-state index >= 15 is 0 Å². The highest BCUT2D eigenvalue weighted by atomic mass is 16.6. The van der Waals surface area contributed by atoms with Crippen molar-refractivity contribution in [2.75, 3.05) is 64.6 Å². The van der Waals surface area contributed by atoms with Gasteiger partial charge in [-0.3, -0.25) is 24.5 Å². The number of imide groups is 1. The minimum absolute atomic E-state index is 0.0887. The summed E-state index contributed by atoms with van der Waals surface area (Å²) in [5.74, 6) is -1.44. The number of fused-ring (bicyclic) bond motifs is 1. The molecular formula is C29H41N7O9. The number of ether oxygens (including phenoxy) is 4. The lowest BCUT2D eigenvalue weighted by molar-refractivity contribution is -0.137. The van der Waals surface area contributed by atoms with E-state index in [4.69, 9.17) is 24.5 Å². The zero-order valence-electron chi connectivity index (χ0n) is 25.9. The molecule has 16 nitrogen and oxygen atoms in total. The molecule has 3 rings (SSSR count). The zero-order valence-corrected chi connectivity index (χ0v) is 25.9. The van der Waals surface area contributed by atoms with Crippen LogP contribution < -0.4 is 10.6 Å². The molecule has 0 bridgehead atoms. The van der Waals surface area contributed by atoms with Gasteiger partial charge in [0.15, 0.2) is 0 Å². The van der Waals surface area contributed by atoms with Crippen LogP contribution in [-0.4, -0.2) is 110 Å². The zero-order chi connectivity index (χ0) is 32.8. The molecule has 1 aromatic carbocycles. The Morgan fingerprint density at radius 1 is 1.07 bits per heavy atom. The number of hydrogen-bond donors (Lipinski definition) is 2. The molecular weight excluding hydrogens is 590 g/mol. The number of nitrogens with one attached hydrogen (secondary N) is 2. The fourth-order valence-corrected chi connectivity index (χ4v) is 4.63. The van der Waals surface area contributed by atoms with Crippen molar-refractivity contribution in [3.05, 3.63) is 39.8 Å². The van der Waals surface area contributed by atoms with Gasteiger partial charge in [-0.15, -0.1) is 0 Å². The van der Waals surface area contributed by atoms with Crippen LogP contribution in [0.4, 0.5) is 10.5 Å². The minimum Gasteiger partial charge on any atom is -0.444 e. The maximum atomic E-state index is 12.9. The molecule has 246 valence electrons. The summed E-state index contributed by atoms with van der Waals surface area (Å²) in [6.45, 7) is 7.66. The molecule has 2 aliphatic rings. The van der Waals surface area contributed by atoms with Crippen LogP contribution in [0.5, 0.6) is 0 Å². The van der Waals surface area contributed by atoms with Gasteiger partial charge in [0.05, 0.1) is 46.1 Å². The van der Waals surface area contributed by atoms with Gasteiger partial charge < -0.3 is 34.1 Å². The van der Waals surface area contributed by atoms with Gasteiger partial charge in [-0.2, -0.15) is 0 Å². The average molecular weight is 632 g/mol. The van der Waals surface area contributed by atoms with Crippen molar-refractivity contribution < 1.29 is 42.9 Å². The molecule has 45 heavy (non-hydrogen) atoms. The Morgan fingerprint density at radius 2 is 1.76 bits per heavy atom. The molecule has 2 N–H and O–H groups in total. The SMILES string of the molecule is CC(C)(C)OC(=O)N(CCN=[N+]=[N-])CCOCCOCCOCCC(=O)Nc1cccc2c1CN(C1CCC(=O)NC1=O)C2=O. The van der Waals surface area contributed by atoms with E-state index < -0.39 is 23.6 Å². The van der Waals surface area contributed by atoms with E-state index in [1.807, 2.05) is 0 Å². The summed E-state index contributed by atoms with van der Waals surface area (Å²) in [5.41, 5.74) is 9.36. The first kappa shape index (κ1) is 35.2. The fraction of sp³-hybridized carbons (Fsp3) is 0.621. The number of hydrogen-bond acceptors (Lipinski definition) is 10. The molecule has 0 radical (unpaired) electrons. The molecule has 0 spiro atoms. The highest BCUT2D eigenvalue weighted by Crippen LogP contribution is 2.32. The van der Waals surface area contributed by atoms with E-state index in [9.17, 15) is 24.0 Å². The van der Waals surface area contributed by atoms with E-state index in [0.717, 1.165) is 0 Å². The third kappa shape index (κ3) is 11.3. The first-order valence-corrected chi connectivity index (χ1v) is 14.8. The first-order chi connectivity index (χ1) is 21.5. The topological polar surface area (TPSA) is 202 Å². The largest absolute Gasteiger partial charge is 0.444 e. The molecule has 1 aromatic rings. The number of nitrogens with zero attached hydrogens (tertiary/aromatic N) is 5. The van der Waals surface area contributed by atoms with Gasteiger partial charge in [0.1, 0.15) is 11.6 Å². The highest BCUT2D eigenvalue weighted by molar-refractivity contribution is 6.06. The maximum Gasteiger partial charge on any atom is 0.410 e. The molecule has 16 heteroatoms. The van der Waals surface area contributed by atoms with Crippen LogP contribution >= 0.6 is 0 Å². The van der Waals surface area contributed by atoms with Gasteiger partial charge in [0.2, 0.25) is 17.7 Å². The number of rotatable bonds is 17. The van der Waals surface area contributed by atoms with Gasteiger partial charge in [-0.25, -0.2) is 4.79 Å². The Balaban J connectivity index is 1.28. The van der Waals surface area contributed by atoms with E-state index in [0.29, 0.717) is 36.6 Å². The standard InChI is InChI=1S/C29H41N7O9/c1-29(2,3)45-28(41)35(11-10-31-34-30)12-14-43-16-18-44-17-15-42-13-9-25(38)32-22-6-4-5-20-21(22)19-36(27(20)40)23-7-8-24(37)33-26(23)39/h4-6,23H,7-19H2,1-3H3,(H,32,38)(H,33,37,39). The number of benzene rings is 1. The summed E-state index contributed by atoms with van der Waals surface area (Å²) in [6, 6.07) is 4.29. The first-order valence-electron chi connectivity index (χ1n) is 14.8. The van der Waals surface area contributed by atoms with Crippen LogP contribution in [0.3, 0.4) is 0 Å². The monoisotopic (exact) mass is 631 g/mol. The molecule has 2 aliphatic heterocycles. The number of azide groups is 1. The second-order valence-corrected chi connectivity index (χ2v) is 11.3. The van der Waals surface area contributed by atoms with Crippen LogP contribution in [0, 0.1) is 0 Å². The lowest BCUT2D eigenvalue weighted by atomic mass is 10.0. The smallest absolute Gasteiger partial charge is 0.410 e. The Labute approximate surface area is 261 Å². The summed E-state index contributed by atoms with van der Waals surface area (Å²) in [5, 5.41) is 8.56. The van der Waals surface area contributed by atoms with Crippen LogP contribution in [0.15, 0.2) is 23.3 Å². The van der Waals surface area contributed by atoms with E-state index in [-0.39, 0.29) is 83.0 Å². The number of carbonyl (C=O) groups is 5. The molecule has 1 atom stereocenters. The van der Waals surface area contributed by atoms with Crippen molar-refractivity contribution in [3.8, 4) is 0 Å². The van der Waals surface area contributed by atoms with Gasteiger partial charge in [-0.1, -0.05) is 11.2 Å². The van der Waals surface area contributed by atoms with Crippen LogP contribution in [0.2, 0.25) is 0 Å². The third-order valence-electron chi connectivity index (χ3n) is 6.76. The summed E-state index contributed by atoms with van der Waals surface area (Å²) in [7, 11) is 0. The number of carbonyl (C=O) groups excluding carboxylic acids is 5. The van der Waals surface area contributed by atoms with E-state index in [2.05, 4.69) is 20.7 Å². The molecule has 1 unspecified atom stereocenters. The summed E-state index contributed by atoms with van der Waals surface area (Å²) >= 11 is 0. The Morgan fingerprint density at radius 3 is 2.42 bits per heavy atom. The number of anilines is 1. The molecule has 1 saturated heterocycles. The van der Waals surface area contributed by atoms with Gasteiger partial charge in [0.25, 0.3) is 5.91 Å². The van der Waals surface area contributed by atoms with Crippen molar-refractivity contribution in [2.24, 2.45) is 5.11 Å². The Hall–Kier alpha value is -4.24. The van der Waals surface area contributed by atoms with Gasteiger partial charge >= 0.3 is 6.09 Å². The maximum absolute atomic E-state index is 12.9. The summed E-state index contributed by atoms with van der Waals surface area (Å²) in [4.78, 5) is 67.1. The van der Waals surface area contributed by atoms with Crippen LogP contribution in [0.1, 0.15) is 56.0 Å². The Bertz CT molecular complexity index is 1280. The minimum atomic E-state index is -0.732. The summed E-state index contributed by atoms with van der Waals surface area (Å²) in [6.07, 6.45) is -0.000657. The molecule has 0 aliphatic carbocycles. The quantitative estimate of drug-likeness (QED) is 0.0851. The van der Waals surface area contributed by atoms with Crippen molar-refractivity contribution >= 4 is 35.4 Å². The van der Waals surface area contributed by atoms with Crippen molar-refractivity contribution in [1.29, 1.82) is 0 Å². The van der Waals surface area contributed by atoms with Gasteiger partial charge in [-0.05, 0) is 44.9 Å². The van der Waals surface area contributed by atoms with Crippen LogP contribution in [0.25, 0.3) is 10.4 Å². The lowest BCUT2D eigenvalue weighted by Crippen LogP contribution is -2.52. The lowest BCUT2D eigenvalue weighted by Gasteiger charge is -2.29. The normalized spacial score (nSPS) is 16.1. The van der Waals surface area contributed by atoms with E-state index in [1.54, 1.807) is 39.0 Å². The number of piperidine rings is 1. The molecule has 2 heterocycles. The molecule has 0 saturated carbocycles. The number of amides is 5. The second-order valence-electron chi connectivity index (χ2n) is 11.3. The van der Waals surface area contributed by atoms with Crippen molar-refractivity contribution in [1.82, 2.24) is 15.1 Å². The van der Waals surface area contributed by atoms with Crippen LogP contribution in [-0.2, 0) is 39.9 Å². The predicted molar refractivity (Wildman–Crippen MR) is 160 cm³/mol. The van der Waals surface area contributed by atoms with Gasteiger partial charge in [0, 0.05) is 54.3 Å². The second kappa shape index (κ2) is 17.3. The summed E-state index contributed by atoms with van der Waals surface area (Å²) < 4.78 is 21.9. The molecule has 1 fully saturated rings. The molecule has 0 aromatic heterocycles. The average Bonchev–Trinajstić information content (AvgIpc) is 3.30. The predicted octanol–water partition coefficient (Wildman–Crippen LogP) is 2.37.